The number of unbranched alkanes of at least 4 members (excludes halogenated alkanes) is 5. The first-order chi connectivity index (χ1) is 13.5. The first-order valence-corrected chi connectivity index (χ1v) is 10.5. The molecular weight excluding hydrogens is 396 g/mol. The third kappa shape index (κ3) is 6.38. The van der Waals surface area contributed by atoms with Crippen LogP contribution in [0.4, 0.5) is 0 Å². The van der Waals surface area contributed by atoms with E-state index in [1.165, 1.54) is 9.80 Å². The van der Waals surface area contributed by atoms with Crippen molar-refractivity contribution in [2.75, 3.05) is 13.1 Å². The van der Waals surface area contributed by atoms with Crippen LogP contribution in [0, 0.1) is 0 Å². The highest BCUT2D eigenvalue weighted by Crippen LogP contribution is 2.17. The Morgan fingerprint density at radius 1 is 0.821 bits per heavy atom. The van der Waals surface area contributed by atoms with Gasteiger partial charge in [-0.15, -0.1) is 0 Å². The first kappa shape index (κ1) is 22.5. The van der Waals surface area contributed by atoms with Crippen molar-refractivity contribution in [2.45, 2.75) is 63.6 Å². The van der Waals surface area contributed by atoms with Crippen molar-refractivity contribution in [3.8, 4) is 0 Å². The molecule has 0 aromatic carbocycles. The minimum atomic E-state index is -0.191. The van der Waals surface area contributed by atoms with Crippen molar-refractivity contribution in [3.63, 3.8) is 0 Å². The minimum Gasteiger partial charge on any atom is -0.461 e. The van der Waals surface area contributed by atoms with E-state index < -0.39 is 0 Å². The summed E-state index contributed by atoms with van der Waals surface area (Å²) >= 11 is 10.1. The van der Waals surface area contributed by atoms with Gasteiger partial charge in [0.25, 0.3) is 10.3 Å². The molecular formula is C20H28N2O4S2. The maximum atomic E-state index is 12.2. The van der Waals surface area contributed by atoms with Gasteiger partial charge in [0.1, 0.15) is 12.2 Å². The van der Waals surface area contributed by atoms with Gasteiger partial charge in [0.05, 0.1) is 13.1 Å². The molecule has 0 radical (unpaired) electrons. The van der Waals surface area contributed by atoms with E-state index in [-0.39, 0.29) is 34.4 Å². The maximum absolute atomic E-state index is 12.2. The van der Waals surface area contributed by atoms with Crippen LogP contribution in [0.3, 0.4) is 0 Å². The molecule has 28 heavy (non-hydrogen) atoms. The SMILES string of the molecule is C=C[C@@H]1CN(C(=O)CCCCCCCCC(=O)N2C[C@@H](C=C)OC2=S)C(=S)O1. The fourth-order valence-corrected chi connectivity index (χ4v) is 3.75. The molecule has 0 aliphatic carbocycles. The van der Waals surface area contributed by atoms with Gasteiger partial charge in [-0.1, -0.05) is 38.8 Å². The van der Waals surface area contributed by atoms with Crippen LogP contribution in [0.25, 0.3) is 0 Å². The monoisotopic (exact) mass is 424 g/mol. The number of hydrogen-bond donors (Lipinski definition) is 0. The van der Waals surface area contributed by atoms with Crippen LogP contribution in [0.15, 0.2) is 25.3 Å². The molecule has 0 saturated carbocycles. The van der Waals surface area contributed by atoms with Crippen LogP contribution >= 0.6 is 24.4 Å². The average molecular weight is 425 g/mol. The van der Waals surface area contributed by atoms with Gasteiger partial charge in [0, 0.05) is 12.8 Å². The lowest BCUT2D eigenvalue weighted by Crippen LogP contribution is -2.31. The molecule has 154 valence electrons. The Morgan fingerprint density at radius 2 is 1.18 bits per heavy atom. The Kier molecular flexibility index (Phi) is 9.05. The third-order valence-electron chi connectivity index (χ3n) is 4.83. The summed E-state index contributed by atoms with van der Waals surface area (Å²) in [6, 6.07) is 0. The highest BCUT2D eigenvalue weighted by atomic mass is 32.1. The molecule has 0 unspecified atom stereocenters. The number of hydrogen-bond acceptors (Lipinski definition) is 6. The number of rotatable bonds is 11. The molecule has 0 spiro atoms. The zero-order chi connectivity index (χ0) is 20.5. The largest absolute Gasteiger partial charge is 0.461 e. The number of carbonyl (C=O) groups excluding carboxylic acids is 2. The molecule has 0 aromatic rings. The summed E-state index contributed by atoms with van der Waals surface area (Å²) in [6.07, 6.45) is 9.60. The summed E-state index contributed by atoms with van der Waals surface area (Å²) in [5.41, 5.74) is 0. The van der Waals surface area contributed by atoms with Gasteiger partial charge in [-0.2, -0.15) is 0 Å². The third-order valence-corrected chi connectivity index (χ3v) is 5.46. The number of amides is 2. The molecule has 8 heteroatoms. The topological polar surface area (TPSA) is 59.1 Å². The van der Waals surface area contributed by atoms with Crippen LogP contribution in [0.5, 0.6) is 0 Å². The fraction of sp³-hybridized carbons (Fsp3) is 0.600. The highest BCUT2D eigenvalue weighted by molar-refractivity contribution is 7.80. The van der Waals surface area contributed by atoms with E-state index in [4.69, 9.17) is 33.9 Å². The smallest absolute Gasteiger partial charge is 0.266 e. The number of carbonyl (C=O) groups is 2. The summed E-state index contributed by atoms with van der Waals surface area (Å²) in [4.78, 5) is 27.4. The van der Waals surface area contributed by atoms with Crippen molar-refractivity contribution in [1.82, 2.24) is 9.80 Å². The van der Waals surface area contributed by atoms with E-state index >= 15 is 0 Å². The molecule has 2 saturated heterocycles. The van der Waals surface area contributed by atoms with E-state index in [9.17, 15) is 9.59 Å². The fourth-order valence-electron chi connectivity index (χ4n) is 3.15. The second-order valence-electron chi connectivity index (χ2n) is 6.95. The summed E-state index contributed by atoms with van der Waals surface area (Å²) in [6.45, 7) is 8.26. The molecule has 2 heterocycles. The Hall–Kier alpha value is -1.80. The second kappa shape index (κ2) is 11.3. The molecule has 2 rings (SSSR count). The zero-order valence-electron chi connectivity index (χ0n) is 16.1. The molecule has 0 aromatic heterocycles. The van der Waals surface area contributed by atoms with E-state index in [1.807, 2.05) is 0 Å². The van der Waals surface area contributed by atoms with E-state index in [0.29, 0.717) is 25.9 Å². The predicted octanol–water partition coefficient (Wildman–Crippen LogP) is 3.50. The van der Waals surface area contributed by atoms with Crippen LogP contribution in [-0.4, -0.2) is 57.3 Å². The second-order valence-corrected chi connectivity index (χ2v) is 7.64. The molecule has 2 aliphatic heterocycles. The summed E-state index contributed by atoms with van der Waals surface area (Å²) in [5, 5.41) is 0.503. The normalized spacial score (nSPS) is 21.4. The van der Waals surface area contributed by atoms with E-state index in [1.54, 1.807) is 12.2 Å². The van der Waals surface area contributed by atoms with Crippen molar-refractivity contribution in [1.29, 1.82) is 0 Å². The number of thiocarbonyl (C=S) groups is 2. The maximum Gasteiger partial charge on any atom is 0.266 e. The van der Waals surface area contributed by atoms with Crippen molar-refractivity contribution >= 4 is 46.6 Å². The Balaban J connectivity index is 1.50. The molecule has 2 atom stereocenters. The van der Waals surface area contributed by atoms with E-state index in [0.717, 1.165) is 38.5 Å². The van der Waals surface area contributed by atoms with Gasteiger partial charge in [-0.25, -0.2) is 0 Å². The summed E-state index contributed by atoms with van der Waals surface area (Å²) in [5.74, 6) is 0.0307. The number of ether oxygens (including phenoxy) is 2. The lowest BCUT2D eigenvalue weighted by molar-refractivity contribution is -0.128. The average Bonchev–Trinajstić information content (AvgIpc) is 3.25. The van der Waals surface area contributed by atoms with Gasteiger partial charge >= 0.3 is 0 Å². The molecule has 2 aliphatic rings. The van der Waals surface area contributed by atoms with Crippen molar-refractivity contribution in [3.05, 3.63) is 25.3 Å². The standard InChI is InChI=1S/C20H28N2O4S2/c1-3-15-13-21(19(27)25-15)17(23)11-9-7-5-6-8-10-12-18(24)22-14-16(4-2)26-20(22)28/h3-4,15-16H,1-2,5-14H2/t15-,16-/m1/s1. The minimum absolute atomic E-state index is 0.0153. The molecule has 0 N–H and O–H groups in total. The molecule has 0 bridgehead atoms. The van der Waals surface area contributed by atoms with Gasteiger partial charge < -0.3 is 9.47 Å². The summed E-state index contributed by atoms with van der Waals surface area (Å²) in [7, 11) is 0. The van der Waals surface area contributed by atoms with Gasteiger partial charge in [-0.3, -0.25) is 19.4 Å². The van der Waals surface area contributed by atoms with Gasteiger partial charge in [0.15, 0.2) is 0 Å². The Bertz CT molecular complexity index is 584. The molecule has 6 nitrogen and oxygen atoms in total. The highest BCUT2D eigenvalue weighted by Gasteiger charge is 2.31. The summed E-state index contributed by atoms with van der Waals surface area (Å²) < 4.78 is 10.7. The van der Waals surface area contributed by atoms with Crippen LogP contribution in [0.1, 0.15) is 51.4 Å². The Labute approximate surface area is 177 Å². The predicted molar refractivity (Wildman–Crippen MR) is 116 cm³/mol. The van der Waals surface area contributed by atoms with E-state index in [2.05, 4.69) is 13.2 Å². The zero-order valence-corrected chi connectivity index (χ0v) is 17.8. The van der Waals surface area contributed by atoms with Gasteiger partial charge in [0.2, 0.25) is 11.8 Å². The molecule has 2 fully saturated rings. The first-order valence-electron chi connectivity index (χ1n) is 9.73. The quantitative estimate of drug-likeness (QED) is 0.287. The van der Waals surface area contributed by atoms with Crippen molar-refractivity contribution < 1.29 is 19.1 Å². The van der Waals surface area contributed by atoms with Gasteiger partial charge in [-0.05, 0) is 49.4 Å². The lowest BCUT2D eigenvalue weighted by Gasteiger charge is -2.13. The van der Waals surface area contributed by atoms with Crippen LogP contribution in [-0.2, 0) is 19.1 Å². The lowest BCUT2D eigenvalue weighted by atomic mass is 10.1. The van der Waals surface area contributed by atoms with Crippen molar-refractivity contribution in [2.24, 2.45) is 0 Å². The Morgan fingerprint density at radius 3 is 1.50 bits per heavy atom. The number of nitrogens with zero attached hydrogens (tertiary/aromatic N) is 2. The van der Waals surface area contributed by atoms with Crippen LogP contribution in [0.2, 0.25) is 0 Å². The van der Waals surface area contributed by atoms with Crippen LogP contribution < -0.4 is 0 Å². The molecule has 2 amide bonds.